The zero-order chi connectivity index (χ0) is 13.0. The molecule has 18 heavy (non-hydrogen) atoms. The van der Waals surface area contributed by atoms with Gasteiger partial charge in [-0.2, -0.15) is 0 Å². The Balaban J connectivity index is 1.83. The molecule has 0 unspecified atom stereocenters. The molecule has 1 N–H and O–H groups in total. The van der Waals surface area contributed by atoms with Crippen LogP contribution in [0.3, 0.4) is 0 Å². The summed E-state index contributed by atoms with van der Waals surface area (Å²) in [6, 6.07) is 4.23. The molecule has 2 rings (SSSR count). The Labute approximate surface area is 119 Å². The first-order chi connectivity index (χ1) is 8.63. The van der Waals surface area contributed by atoms with Gasteiger partial charge in [-0.25, -0.2) is 0 Å². The maximum absolute atomic E-state index is 10.7. The molecule has 0 aromatic carbocycles. The molecule has 1 saturated heterocycles. The summed E-state index contributed by atoms with van der Waals surface area (Å²) in [5.41, 5.74) is 0. The van der Waals surface area contributed by atoms with Crippen LogP contribution in [0.4, 0.5) is 0 Å². The number of aliphatic carboxylic acids is 1. The Bertz CT molecular complexity index is 411. The highest BCUT2D eigenvalue weighted by Crippen LogP contribution is 2.23. The average molecular weight is 333 g/mol. The van der Waals surface area contributed by atoms with Gasteiger partial charge in [0.15, 0.2) is 0 Å². The minimum atomic E-state index is -0.731. The van der Waals surface area contributed by atoms with E-state index in [0.29, 0.717) is 0 Å². The van der Waals surface area contributed by atoms with E-state index in [1.165, 1.54) is 8.66 Å². The van der Waals surface area contributed by atoms with Crippen molar-refractivity contribution in [2.45, 2.75) is 13.0 Å². The van der Waals surface area contributed by atoms with Crippen molar-refractivity contribution in [1.82, 2.24) is 9.80 Å². The van der Waals surface area contributed by atoms with Gasteiger partial charge in [-0.1, -0.05) is 0 Å². The van der Waals surface area contributed by atoms with E-state index in [4.69, 9.17) is 5.11 Å². The Hall–Kier alpha value is -0.430. The molecule has 6 heteroatoms. The summed E-state index contributed by atoms with van der Waals surface area (Å²) in [6.07, 6.45) is 1.04. The summed E-state index contributed by atoms with van der Waals surface area (Å²) >= 11 is 5.24. The average Bonchev–Trinajstić information content (AvgIpc) is 2.57. The maximum Gasteiger partial charge on any atom is 0.317 e. The number of hydrogen-bond donors (Lipinski definition) is 1. The van der Waals surface area contributed by atoms with Crippen molar-refractivity contribution in [2.75, 3.05) is 32.7 Å². The SMILES string of the molecule is O=C(O)CN1CCCN(Cc2ccc(Br)s2)CC1. The second kappa shape index (κ2) is 6.65. The second-order valence-corrected chi connectivity index (χ2v) is 7.05. The molecular formula is C12H17BrN2O2S. The monoisotopic (exact) mass is 332 g/mol. The number of carboxylic acid groups (broad SMARTS) is 1. The lowest BCUT2D eigenvalue weighted by molar-refractivity contribution is -0.138. The van der Waals surface area contributed by atoms with Gasteiger partial charge in [0, 0.05) is 31.1 Å². The fraction of sp³-hybridized carbons (Fsp3) is 0.583. The van der Waals surface area contributed by atoms with Crippen LogP contribution < -0.4 is 0 Å². The van der Waals surface area contributed by atoms with Gasteiger partial charge >= 0.3 is 5.97 Å². The third kappa shape index (κ3) is 4.35. The van der Waals surface area contributed by atoms with Crippen LogP contribution in [0, 0.1) is 0 Å². The van der Waals surface area contributed by atoms with Gasteiger partial charge in [0.05, 0.1) is 10.3 Å². The van der Waals surface area contributed by atoms with E-state index in [1.807, 2.05) is 4.90 Å². The molecule has 0 radical (unpaired) electrons. The topological polar surface area (TPSA) is 43.8 Å². The summed E-state index contributed by atoms with van der Waals surface area (Å²) in [7, 11) is 0. The number of carboxylic acids is 1. The van der Waals surface area contributed by atoms with Crippen LogP contribution in [0.15, 0.2) is 15.9 Å². The van der Waals surface area contributed by atoms with Gasteiger partial charge in [0.25, 0.3) is 0 Å². The number of rotatable bonds is 4. The lowest BCUT2D eigenvalue weighted by Gasteiger charge is -2.20. The smallest absolute Gasteiger partial charge is 0.317 e. The lowest BCUT2D eigenvalue weighted by atomic mass is 10.3. The van der Waals surface area contributed by atoms with Gasteiger partial charge < -0.3 is 5.11 Å². The molecule has 0 atom stereocenters. The molecule has 0 spiro atoms. The zero-order valence-corrected chi connectivity index (χ0v) is 12.5. The van der Waals surface area contributed by atoms with Gasteiger partial charge in [0.1, 0.15) is 0 Å². The van der Waals surface area contributed by atoms with Crippen LogP contribution in [0.1, 0.15) is 11.3 Å². The van der Waals surface area contributed by atoms with Crippen molar-refractivity contribution in [1.29, 1.82) is 0 Å². The molecule has 0 saturated carbocycles. The van der Waals surface area contributed by atoms with E-state index in [9.17, 15) is 4.79 Å². The summed E-state index contributed by atoms with van der Waals surface area (Å²) in [4.78, 5) is 16.5. The minimum Gasteiger partial charge on any atom is -0.480 e. The standard InChI is InChI=1S/C12H17BrN2O2S/c13-11-3-2-10(18-11)8-14-4-1-5-15(7-6-14)9-12(16)17/h2-3H,1,4-9H2,(H,16,17). The number of halogens is 1. The molecule has 1 aromatic heterocycles. The predicted molar refractivity (Wildman–Crippen MR) is 76.0 cm³/mol. The van der Waals surface area contributed by atoms with E-state index >= 15 is 0 Å². The van der Waals surface area contributed by atoms with Crippen molar-refractivity contribution in [3.63, 3.8) is 0 Å². The fourth-order valence-corrected chi connectivity index (χ4v) is 3.71. The quantitative estimate of drug-likeness (QED) is 0.917. The molecule has 0 bridgehead atoms. The van der Waals surface area contributed by atoms with E-state index in [-0.39, 0.29) is 6.54 Å². The third-order valence-corrected chi connectivity index (χ3v) is 4.66. The van der Waals surface area contributed by atoms with E-state index in [2.05, 4.69) is 33.0 Å². The molecule has 0 amide bonds. The molecule has 2 heterocycles. The molecule has 4 nitrogen and oxygen atoms in total. The highest BCUT2D eigenvalue weighted by molar-refractivity contribution is 9.11. The summed E-state index contributed by atoms with van der Waals surface area (Å²) in [6.45, 7) is 4.86. The zero-order valence-electron chi connectivity index (χ0n) is 10.1. The Morgan fingerprint density at radius 3 is 2.67 bits per heavy atom. The highest BCUT2D eigenvalue weighted by atomic mass is 79.9. The van der Waals surface area contributed by atoms with Crippen molar-refractivity contribution in [2.24, 2.45) is 0 Å². The summed E-state index contributed by atoms with van der Waals surface area (Å²) in [5, 5.41) is 8.80. The highest BCUT2D eigenvalue weighted by Gasteiger charge is 2.17. The van der Waals surface area contributed by atoms with Gasteiger partial charge in [-0.15, -0.1) is 11.3 Å². The Morgan fingerprint density at radius 1 is 1.28 bits per heavy atom. The van der Waals surface area contributed by atoms with Gasteiger partial charge in [0.2, 0.25) is 0 Å². The van der Waals surface area contributed by atoms with Crippen LogP contribution in [0.25, 0.3) is 0 Å². The molecule has 100 valence electrons. The molecule has 1 aliphatic heterocycles. The summed E-state index contributed by atoms with van der Waals surface area (Å²) < 4.78 is 1.17. The van der Waals surface area contributed by atoms with E-state index < -0.39 is 5.97 Å². The van der Waals surface area contributed by atoms with Crippen LogP contribution in [0.2, 0.25) is 0 Å². The van der Waals surface area contributed by atoms with Crippen molar-refractivity contribution < 1.29 is 9.90 Å². The van der Waals surface area contributed by atoms with Gasteiger partial charge in [-0.05, 0) is 41.0 Å². The second-order valence-electron chi connectivity index (χ2n) is 4.51. The Morgan fingerprint density at radius 2 is 2.00 bits per heavy atom. The Kier molecular flexibility index (Phi) is 5.17. The molecule has 1 fully saturated rings. The third-order valence-electron chi connectivity index (χ3n) is 3.05. The molecular weight excluding hydrogens is 316 g/mol. The van der Waals surface area contributed by atoms with Crippen molar-refractivity contribution >= 4 is 33.2 Å². The van der Waals surface area contributed by atoms with E-state index in [1.54, 1.807) is 11.3 Å². The van der Waals surface area contributed by atoms with Gasteiger partial charge in [-0.3, -0.25) is 14.6 Å². The van der Waals surface area contributed by atoms with Crippen LogP contribution >= 0.6 is 27.3 Å². The van der Waals surface area contributed by atoms with Crippen LogP contribution in [-0.4, -0.2) is 53.6 Å². The van der Waals surface area contributed by atoms with Crippen LogP contribution in [-0.2, 0) is 11.3 Å². The number of carbonyl (C=O) groups is 1. The lowest BCUT2D eigenvalue weighted by Crippen LogP contribution is -2.33. The van der Waals surface area contributed by atoms with Crippen LogP contribution in [0.5, 0.6) is 0 Å². The number of hydrogen-bond acceptors (Lipinski definition) is 4. The number of nitrogens with zero attached hydrogens (tertiary/aromatic N) is 2. The van der Waals surface area contributed by atoms with E-state index in [0.717, 1.165) is 39.1 Å². The largest absolute Gasteiger partial charge is 0.480 e. The first-order valence-electron chi connectivity index (χ1n) is 6.04. The van der Waals surface area contributed by atoms with Crippen molar-refractivity contribution in [3.05, 3.63) is 20.8 Å². The molecule has 1 aliphatic rings. The number of thiophene rings is 1. The first-order valence-corrected chi connectivity index (χ1v) is 7.65. The predicted octanol–water partition coefficient (Wildman–Crippen LogP) is 2.10. The fourth-order valence-electron chi connectivity index (χ4n) is 2.19. The van der Waals surface area contributed by atoms with Crippen molar-refractivity contribution in [3.8, 4) is 0 Å². The first kappa shape index (κ1) is 14.0. The normalized spacial score (nSPS) is 18.7. The minimum absolute atomic E-state index is 0.165. The molecule has 1 aromatic rings. The summed E-state index contributed by atoms with van der Waals surface area (Å²) in [5.74, 6) is -0.731. The molecule has 0 aliphatic carbocycles. The maximum atomic E-state index is 10.7.